The fraction of sp³-hybridized carbons (Fsp3) is 0.833. The standard InChI is InChI=1S/C24H44N2O6/c27-21(25-19-13-17-23(29)30)15-11-9-7-5-3-1-2-4-6-8-10-12-16-22(28)26-20-14-18-24(31)32/h1-20H2,(H,25,27)(H,26,28)(H,29,30)(H,31,32). The Labute approximate surface area is 192 Å². The average molecular weight is 457 g/mol. The van der Waals surface area contributed by atoms with Crippen molar-refractivity contribution in [1.29, 1.82) is 0 Å². The lowest BCUT2D eigenvalue weighted by Gasteiger charge is -2.05. The SMILES string of the molecule is O=C(O)CCCNC(=O)CCCCCCCCCCCCCCC(=O)NCCCC(=O)O. The van der Waals surface area contributed by atoms with Gasteiger partial charge in [-0.05, 0) is 25.7 Å². The third-order valence-electron chi connectivity index (χ3n) is 5.34. The zero-order chi connectivity index (χ0) is 23.9. The molecule has 0 unspecified atom stereocenters. The van der Waals surface area contributed by atoms with Crippen molar-refractivity contribution in [2.24, 2.45) is 0 Å². The van der Waals surface area contributed by atoms with Gasteiger partial charge in [0.1, 0.15) is 0 Å². The lowest BCUT2D eigenvalue weighted by atomic mass is 10.0. The molecule has 8 nitrogen and oxygen atoms in total. The van der Waals surface area contributed by atoms with E-state index in [0.29, 0.717) is 38.8 Å². The number of nitrogens with one attached hydrogen (secondary N) is 2. The van der Waals surface area contributed by atoms with Crippen molar-refractivity contribution in [3.05, 3.63) is 0 Å². The molecule has 4 N–H and O–H groups in total. The van der Waals surface area contributed by atoms with Crippen LogP contribution in [0, 0.1) is 0 Å². The van der Waals surface area contributed by atoms with Crippen molar-refractivity contribution in [1.82, 2.24) is 10.6 Å². The van der Waals surface area contributed by atoms with Crippen molar-refractivity contribution in [2.75, 3.05) is 13.1 Å². The number of hydrogen-bond acceptors (Lipinski definition) is 4. The first-order valence-electron chi connectivity index (χ1n) is 12.4. The van der Waals surface area contributed by atoms with E-state index in [1.807, 2.05) is 0 Å². The lowest BCUT2D eigenvalue weighted by molar-refractivity contribution is -0.138. The summed E-state index contributed by atoms with van der Waals surface area (Å²) in [6, 6.07) is 0. The molecule has 0 radical (unpaired) electrons. The van der Waals surface area contributed by atoms with Crippen LogP contribution in [-0.2, 0) is 19.2 Å². The highest BCUT2D eigenvalue weighted by atomic mass is 16.4. The monoisotopic (exact) mass is 456 g/mol. The summed E-state index contributed by atoms with van der Waals surface area (Å²) in [6.07, 6.45) is 15.8. The second-order valence-electron chi connectivity index (χ2n) is 8.44. The number of amides is 2. The molecule has 0 heterocycles. The number of unbranched alkanes of at least 4 members (excludes halogenated alkanes) is 11. The van der Waals surface area contributed by atoms with Gasteiger partial charge in [-0.3, -0.25) is 19.2 Å². The topological polar surface area (TPSA) is 133 Å². The minimum atomic E-state index is -0.829. The van der Waals surface area contributed by atoms with Gasteiger partial charge in [0.05, 0.1) is 0 Å². The zero-order valence-electron chi connectivity index (χ0n) is 19.7. The first kappa shape index (κ1) is 29.9. The van der Waals surface area contributed by atoms with E-state index in [0.717, 1.165) is 38.5 Å². The van der Waals surface area contributed by atoms with E-state index in [2.05, 4.69) is 10.6 Å². The maximum atomic E-state index is 11.6. The van der Waals surface area contributed by atoms with Crippen LogP contribution in [0.5, 0.6) is 0 Å². The fourth-order valence-electron chi connectivity index (χ4n) is 3.45. The zero-order valence-corrected chi connectivity index (χ0v) is 19.7. The summed E-state index contributed by atoms with van der Waals surface area (Å²) in [4.78, 5) is 44.0. The molecule has 2 amide bonds. The van der Waals surface area contributed by atoms with Crippen LogP contribution < -0.4 is 10.6 Å². The molecule has 8 heteroatoms. The van der Waals surface area contributed by atoms with Gasteiger partial charge < -0.3 is 20.8 Å². The van der Waals surface area contributed by atoms with Crippen LogP contribution in [0.2, 0.25) is 0 Å². The maximum absolute atomic E-state index is 11.6. The Morgan fingerprint density at radius 3 is 0.969 bits per heavy atom. The maximum Gasteiger partial charge on any atom is 0.303 e. The summed E-state index contributed by atoms with van der Waals surface area (Å²) >= 11 is 0. The molecule has 0 spiro atoms. The average Bonchev–Trinajstić information content (AvgIpc) is 2.74. The predicted octanol–water partition coefficient (Wildman–Crippen LogP) is 4.41. The molecule has 32 heavy (non-hydrogen) atoms. The van der Waals surface area contributed by atoms with Gasteiger partial charge in [0, 0.05) is 38.8 Å². The number of rotatable bonds is 23. The van der Waals surface area contributed by atoms with Gasteiger partial charge in [-0.2, -0.15) is 0 Å². The summed E-state index contributed by atoms with van der Waals surface area (Å²) < 4.78 is 0. The number of carboxylic acids is 2. The second kappa shape index (κ2) is 22.1. The van der Waals surface area contributed by atoms with Gasteiger partial charge in [-0.25, -0.2) is 0 Å². The van der Waals surface area contributed by atoms with Crippen molar-refractivity contribution >= 4 is 23.8 Å². The van der Waals surface area contributed by atoms with Crippen LogP contribution in [-0.4, -0.2) is 47.1 Å². The highest BCUT2D eigenvalue weighted by Gasteiger charge is 2.03. The Bertz CT molecular complexity index is 479. The number of carbonyl (C=O) groups excluding carboxylic acids is 2. The summed E-state index contributed by atoms with van der Waals surface area (Å²) in [5.74, 6) is -1.62. The molecule has 0 aliphatic rings. The van der Waals surface area contributed by atoms with E-state index in [-0.39, 0.29) is 24.7 Å². The smallest absolute Gasteiger partial charge is 0.303 e. The first-order valence-corrected chi connectivity index (χ1v) is 12.4. The van der Waals surface area contributed by atoms with E-state index < -0.39 is 11.9 Å². The molecule has 0 aromatic carbocycles. The molecule has 186 valence electrons. The van der Waals surface area contributed by atoms with Crippen LogP contribution in [0.1, 0.15) is 116 Å². The summed E-state index contributed by atoms with van der Waals surface area (Å²) in [7, 11) is 0. The molecule has 0 bridgehead atoms. The van der Waals surface area contributed by atoms with E-state index >= 15 is 0 Å². The number of carbonyl (C=O) groups is 4. The Balaban J connectivity index is 3.23. The predicted molar refractivity (Wildman–Crippen MR) is 124 cm³/mol. The van der Waals surface area contributed by atoms with Gasteiger partial charge in [0.2, 0.25) is 11.8 Å². The van der Waals surface area contributed by atoms with Crippen LogP contribution in [0.3, 0.4) is 0 Å². The van der Waals surface area contributed by atoms with Gasteiger partial charge in [0.15, 0.2) is 0 Å². The van der Waals surface area contributed by atoms with Gasteiger partial charge in [0.25, 0.3) is 0 Å². The molecular formula is C24H44N2O6. The molecule has 0 aliphatic carbocycles. The van der Waals surface area contributed by atoms with E-state index in [9.17, 15) is 19.2 Å². The third kappa shape index (κ3) is 24.2. The molecule has 0 rings (SSSR count). The Morgan fingerprint density at radius 2 is 0.688 bits per heavy atom. The van der Waals surface area contributed by atoms with Crippen LogP contribution in [0.4, 0.5) is 0 Å². The van der Waals surface area contributed by atoms with Crippen LogP contribution in [0.25, 0.3) is 0 Å². The lowest BCUT2D eigenvalue weighted by Crippen LogP contribution is -2.24. The molecule has 0 saturated heterocycles. The molecule has 0 saturated carbocycles. The van der Waals surface area contributed by atoms with Crippen molar-refractivity contribution in [3.63, 3.8) is 0 Å². The van der Waals surface area contributed by atoms with E-state index in [1.54, 1.807) is 0 Å². The minimum absolute atomic E-state index is 0.0201. The summed E-state index contributed by atoms with van der Waals surface area (Å²) in [6.45, 7) is 0.882. The minimum Gasteiger partial charge on any atom is -0.481 e. The first-order chi connectivity index (χ1) is 15.4. The quantitative estimate of drug-likeness (QED) is 0.168. The van der Waals surface area contributed by atoms with E-state index in [4.69, 9.17) is 10.2 Å². The molecule has 0 aliphatic heterocycles. The molecular weight excluding hydrogens is 412 g/mol. The van der Waals surface area contributed by atoms with Gasteiger partial charge in [-0.15, -0.1) is 0 Å². The fourth-order valence-corrected chi connectivity index (χ4v) is 3.45. The number of hydrogen-bond donors (Lipinski definition) is 4. The number of aliphatic carboxylic acids is 2. The van der Waals surface area contributed by atoms with Gasteiger partial charge in [-0.1, -0.05) is 64.2 Å². The molecule has 0 atom stereocenters. The normalized spacial score (nSPS) is 10.6. The van der Waals surface area contributed by atoms with Gasteiger partial charge >= 0.3 is 11.9 Å². The highest BCUT2D eigenvalue weighted by Crippen LogP contribution is 2.13. The van der Waals surface area contributed by atoms with E-state index in [1.165, 1.54) is 38.5 Å². The van der Waals surface area contributed by atoms with Crippen LogP contribution in [0.15, 0.2) is 0 Å². The Kier molecular flexibility index (Phi) is 20.6. The highest BCUT2D eigenvalue weighted by molar-refractivity contribution is 5.76. The molecule has 0 fully saturated rings. The molecule has 0 aromatic heterocycles. The summed E-state index contributed by atoms with van der Waals surface area (Å²) in [5.41, 5.74) is 0. The van der Waals surface area contributed by atoms with Crippen molar-refractivity contribution in [2.45, 2.75) is 116 Å². The summed E-state index contributed by atoms with van der Waals surface area (Å²) in [5, 5.41) is 22.6. The van der Waals surface area contributed by atoms with Crippen molar-refractivity contribution < 1.29 is 29.4 Å². The van der Waals surface area contributed by atoms with Crippen LogP contribution >= 0.6 is 0 Å². The Morgan fingerprint density at radius 1 is 0.406 bits per heavy atom. The second-order valence-corrected chi connectivity index (χ2v) is 8.44. The Hall–Kier alpha value is -2.12. The third-order valence-corrected chi connectivity index (χ3v) is 5.34. The molecule has 0 aromatic rings. The number of carboxylic acid groups (broad SMARTS) is 2. The van der Waals surface area contributed by atoms with Crippen molar-refractivity contribution in [3.8, 4) is 0 Å². The largest absolute Gasteiger partial charge is 0.481 e.